The van der Waals surface area contributed by atoms with Gasteiger partial charge in [-0.05, 0) is 32.4 Å². The van der Waals surface area contributed by atoms with Crippen molar-refractivity contribution in [3.05, 3.63) is 29.3 Å². The smallest absolute Gasteiger partial charge is 0.309 e. The van der Waals surface area contributed by atoms with Crippen LogP contribution >= 0.6 is 11.6 Å². The van der Waals surface area contributed by atoms with E-state index in [4.69, 9.17) is 21.4 Å². The number of carboxylic acids is 1. The lowest BCUT2D eigenvalue weighted by molar-refractivity contribution is -0.147. The highest BCUT2D eigenvalue weighted by Gasteiger charge is 2.26. The van der Waals surface area contributed by atoms with E-state index in [0.29, 0.717) is 17.2 Å². The lowest BCUT2D eigenvalue weighted by Crippen LogP contribution is -2.34. The zero-order valence-corrected chi connectivity index (χ0v) is 12.2. The molecule has 0 aliphatic rings. The third-order valence-corrected chi connectivity index (χ3v) is 3.16. The van der Waals surface area contributed by atoms with Crippen molar-refractivity contribution in [3.8, 4) is 5.75 Å². The van der Waals surface area contributed by atoms with E-state index >= 15 is 0 Å². The van der Waals surface area contributed by atoms with Crippen molar-refractivity contribution in [3.63, 3.8) is 0 Å². The van der Waals surface area contributed by atoms with Crippen LogP contribution in [-0.2, 0) is 9.59 Å². The Balaban J connectivity index is 2.31. The van der Waals surface area contributed by atoms with Crippen LogP contribution in [0.4, 0.5) is 0 Å². The number of rotatable bonds is 7. The molecule has 5 nitrogen and oxygen atoms in total. The maximum atomic E-state index is 11.6. The van der Waals surface area contributed by atoms with E-state index in [1.165, 1.54) is 0 Å². The lowest BCUT2D eigenvalue weighted by Gasteiger charge is -2.18. The fourth-order valence-corrected chi connectivity index (χ4v) is 1.57. The molecule has 0 aromatic heterocycles. The van der Waals surface area contributed by atoms with Crippen LogP contribution in [0.1, 0.15) is 20.3 Å². The number of hydrogen-bond donors (Lipinski definition) is 2. The van der Waals surface area contributed by atoms with Crippen LogP contribution in [0.3, 0.4) is 0 Å². The first-order valence-corrected chi connectivity index (χ1v) is 6.58. The van der Waals surface area contributed by atoms with Gasteiger partial charge in [-0.2, -0.15) is 0 Å². The van der Waals surface area contributed by atoms with Gasteiger partial charge in [0.25, 0.3) is 5.91 Å². The second-order valence-electron chi connectivity index (χ2n) is 5.01. The largest absolute Gasteiger partial charge is 0.482 e. The molecule has 6 heteroatoms. The summed E-state index contributed by atoms with van der Waals surface area (Å²) in [6.07, 6.45) is 0.347. The number of carboxylic acid groups (broad SMARTS) is 1. The second kappa shape index (κ2) is 7.14. The van der Waals surface area contributed by atoms with Gasteiger partial charge < -0.3 is 15.2 Å². The number of carbonyl (C=O) groups is 2. The van der Waals surface area contributed by atoms with Gasteiger partial charge in [-0.1, -0.05) is 23.7 Å². The van der Waals surface area contributed by atoms with E-state index in [2.05, 4.69) is 5.32 Å². The molecule has 0 saturated heterocycles. The van der Waals surface area contributed by atoms with E-state index in [9.17, 15) is 9.59 Å². The number of carbonyl (C=O) groups excluding carboxylic acids is 1. The van der Waals surface area contributed by atoms with Crippen LogP contribution in [0.15, 0.2) is 24.3 Å². The van der Waals surface area contributed by atoms with Gasteiger partial charge in [-0.3, -0.25) is 9.59 Å². The first-order valence-electron chi connectivity index (χ1n) is 6.20. The van der Waals surface area contributed by atoms with Crippen molar-refractivity contribution in [1.82, 2.24) is 5.32 Å². The molecule has 1 aromatic carbocycles. The molecule has 0 atom stereocenters. The Hall–Kier alpha value is -1.75. The summed E-state index contributed by atoms with van der Waals surface area (Å²) in [6, 6.07) is 6.87. The third kappa shape index (κ3) is 5.09. The van der Waals surface area contributed by atoms with Crippen LogP contribution < -0.4 is 10.1 Å². The summed E-state index contributed by atoms with van der Waals surface area (Å²) in [5.41, 5.74) is -0.864. The van der Waals surface area contributed by atoms with Gasteiger partial charge in [0.05, 0.1) is 10.4 Å². The Labute approximate surface area is 122 Å². The van der Waals surface area contributed by atoms with Crippen LogP contribution in [-0.4, -0.2) is 30.1 Å². The molecule has 2 N–H and O–H groups in total. The van der Waals surface area contributed by atoms with Crippen LogP contribution in [0, 0.1) is 5.41 Å². The predicted molar refractivity (Wildman–Crippen MR) is 76.0 cm³/mol. The molecular weight excluding hydrogens is 282 g/mol. The first kappa shape index (κ1) is 16.3. The molecule has 0 unspecified atom stereocenters. The van der Waals surface area contributed by atoms with Crippen molar-refractivity contribution < 1.29 is 19.4 Å². The molecule has 110 valence electrons. The van der Waals surface area contributed by atoms with Gasteiger partial charge in [-0.15, -0.1) is 0 Å². The Morgan fingerprint density at radius 1 is 1.35 bits per heavy atom. The third-order valence-electron chi connectivity index (χ3n) is 2.85. The van der Waals surface area contributed by atoms with E-state index in [1.807, 2.05) is 0 Å². The van der Waals surface area contributed by atoms with E-state index in [-0.39, 0.29) is 19.1 Å². The van der Waals surface area contributed by atoms with Gasteiger partial charge in [0, 0.05) is 6.54 Å². The fourth-order valence-electron chi connectivity index (χ4n) is 1.38. The lowest BCUT2D eigenvalue weighted by atomic mass is 9.90. The van der Waals surface area contributed by atoms with Gasteiger partial charge in [0.15, 0.2) is 6.61 Å². The number of aliphatic carboxylic acids is 1. The molecular formula is C14H18ClNO4. The number of hydrogen-bond acceptors (Lipinski definition) is 3. The molecule has 1 amide bonds. The summed E-state index contributed by atoms with van der Waals surface area (Å²) in [5.74, 6) is -0.764. The molecule has 0 saturated carbocycles. The van der Waals surface area contributed by atoms with Crippen molar-refractivity contribution in [2.45, 2.75) is 20.3 Å². The van der Waals surface area contributed by atoms with Crippen molar-refractivity contribution in [2.75, 3.05) is 13.2 Å². The minimum atomic E-state index is -0.890. The number of para-hydroxylation sites is 1. The topological polar surface area (TPSA) is 75.6 Å². The minimum Gasteiger partial charge on any atom is -0.482 e. The predicted octanol–water partition coefficient (Wildman–Crippen LogP) is 2.34. The quantitative estimate of drug-likeness (QED) is 0.810. The van der Waals surface area contributed by atoms with E-state index < -0.39 is 11.4 Å². The second-order valence-corrected chi connectivity index (χ2v) is 5.42. The summed E-state index contributed by atoms with van der Waals surface area (Å²) in [5, 5.41) is 12.0. The first-order chi connectivity index (χ1) is 9.33. The Morgan fingerprint density at radius 2 is 2.00 bits per heavy atom. The molecule has 0 aliphatic carbocycles. The highest BCUT2D eigenvalue weighted by atomic mass is 35.5. The molecule has 1 rings (SSSR count). The van der Waals surface area contributed by atoms with Crippen LogP contribution in [0.5, 0.6) is 5.75 Å². The summed E-state index contributed by atoms with van der Waals surface area (Å²) >= 11 is 5.88. The highest BCUT2D eigenvalue weighted by Crippen LogP contribution is 2.23. The maximum Gasteiger partial charge on any atom is 0.309 e. The SMILES string of the molecule is CC(C)(CCNC(=O)COc1ccccc1Cl)C(=O)O. The molecule has 0 radical (unpaired) electrons. The molecule has 0 heterocycles. The standard InChI is InChI=1S/C14H18ClNO4/c1-14(2,13(18)19)7-8-16-12(17)9-20-11-6-4-3-5-10(11)15/h3-6H,7-9H2,1-2H3,(H,16,17)(H,18,19). The number of nitrogens with one attached hydrogen (secondary N) is 1. The maximum absolute atomic E-state index is 11.6. The van der Waals surface area contributed by atoms with Crippen LogP contribution in [0.25, 0.3) is 0 Å². The number of benzene rings is 1. The van der Waals surface area contributed by atoms with Crippen LogP contribution in [0.2, 0.25) is 5.02 Å². The van der Waals surface area contributed by atoms with Gasteiger partial charge in [0.1, 0.15) is 5.75 Å². The number of halogens is 1. The monoisotopic (exact) mass is 299 g/mol. The van der Waals surface area contributed by atoms with E-state index in [1.54, 1.807) is 38.1 Å². The molecule has 1 aromatic rings. The van der Waals surface area contributed by atoms with Gasteiger partial charge in [-0.25, -0.2) is 0 Å². The highest BCUT2D eigenvalue weighted by molar-refractivity contribution is 6.32. The summed E-state index contributed by atoms with van der Waals surface area (Å²) in [4.78, 5) is 22.4. The van der Waals surface area contributed by atoms with E-state index in [0.717, 1.165) is 0 Å². The molecule has 0 fully saturated rings. The fraction of sp³-hybridized carbons (Fsp3) is 0.429. The van der Waals surface area contributed by atoms with Crippen molar-refractivity contribution in [1.29, 1.82) is 0 Å². The zero-order valence-electron chi connectivity index (χ0n) is 11.5. The zero-order chi connectivity index (χ0) is 15.2. The van der Waals surface area contributed by atoms with Gasteiger partial charge in [0.2, 0.25) is 0 Å². The minimum absolute atomic E-state index is 0.156. The number of amides is 1. The van der Waals surface area contributed by atoms with Crippen molar-refractivity contribution >= 4 is 23.5 Å². The Bertz CT molecular complexity index is 488. The molecule has 0 spiro atoms. The summed E-state index contributed by atoms with van der Waals surface area (Å²) < 4.78 is 5.27. The van der Waals surface area contributed by atoms with Crippen molar-refractivity contribution in [2.24, 2.45) is 5.41 Å². The Kier molecular flexibility index (Phi) is 5.82. The molecule has 0 aliphatic heterocycles. The molecule has 20 heavy (non-hydrogen) atoms. The van der Waals surface area contributed by atoms with Gasteiger partial charge >= 0.3 is 5.97 Å². The Morgan fingerprint density at radius 3 is 2.60 bits per heavy atom. The average Bonchev–Trinajstić information content (AvgIpc) is 2.37. The normalized spacial score (nSPS) is 10.9. The average molecular weight is 300 g/mol. The molecule has 0 bridgehead atoms. The summed E-state index contributed by atoms with van der Waals surface area (Å²) in [6.45, 7) is 3.35. The summed E-state index contributed by atoms with van der Waals surface area (Å²) in [7, 11) is 0. The number of ether oxygens (including phenoxy) is 1.